The Hall–Kier alpha value is -2.38. The lowest BCUT2D eigenvalue weighted by Crippen LogP contribution is -2.13. The van der Waals surface area contributed by atoms with Gasteiger partial charge in [0.15, 0.2) is 0 Å². The molecule has 0 aliphatic carbocycles. The maximum atomic E-state index is 5.21. The van der Waals surface area contributed by atoms with Gasteiger partial charge in [0.25, 0.3) is 0 Å². The molecule has 0 unspecified atom stereocenters. The van der Waals surface area contributed by atoms with Gasteiger partial charge in [-0.05, 0) is 0 Å². The average molecular weight is 268 g/mol. The molecule has 0 radical (unpaired) electrons. The molecule has 0 fully saturated rings. The molecule has 19 heavy (non-hydrogen) atoms. The van der Waals surface area contributed by atoms with Crippen molar-refractivity contribution < 1.29 is 18.9 Å². The summed E-state index contributed by atoms with van der Waals surface area (Å²) < 4.78 is 23.8. The fraction of sp³-hybridized carbons (Fsp3) is 0.455. The summed E-state index contributed by atoms with van der Waals surface area (Å²) in [5, 5.41) is 8.44. The van der Waals surface area contributed by atoms with Crippen molar-refractivity contribution in [3.05, 3.63) is 12.1 Å². The Morgan fingerprint density at radius 2 is 1.21 bits per heavy atom. The molecule has 0 spiro atoms. The molecule has 0 bridgehead atoms. The summed E-state index contributed by atoms with van der Waals surface area (Å²) in [4.78, 5) is 0. The third-order valence-corrected chi connectivity index (χ3v) is 2.55. The summed E-state index contributed by atoms with van der Waals surface area (Å²) >= 11 is 0. The van der Waals surface area contributed by atoms with Gasteiger partial charge in [-0.25, -0.2) is 9.36 Å². The topological polar surface area (TPSA) is 72.6 Å². The molecule has 0 saturated carbocycles. The minimum atomic E-state index is 0.319. The van der Waals surface area contributed by atoms with Crippen LogP contribution in [0.15, 0.2) is 12.1 Å². The van der Waals surface area contributed by atoms with Crippen LogP contribution in [0.3, 0.4) is 0 Å². The van der Waals surface area contributed by atoms with E-state index in [1.807, 2.05) is 0 Å². The van der Waals surface area contributed by atoms with Crippen LogP contribution in [0.5, 0.6) is 23.5 Å². The summed E-state index contributed by atoms with van der Waals surface area (Å²) in [6.45, 7) is 0.319. The predicted octanol–water partition coefficient (Wildman–Crippen LogP) is 0.620. The Bertz CT molecular complexity index is 501. The van der Waals surface area contributed by atoms with Gasteiger partial charge in [0.2, 0.25) is 23.5 Å². The first-order chi connectivity index (χ1) is 9.21. The second kappa shape index (κ2) is 5.51. The highest BCUT2D eigenvalue weighted by Gasteiger charge is 2.13. The van der Waals surface area contributed by atoms with E-state index < -0.39 is 0 Å². The highest BCUT2D eigenvalue weighted by atomic mass is 16.5. The van der Waals surface area contributed by atoms with E-state index in [9.17, 15) is 0 Å². The van der Waals surface area contributed by atoms with Gasteiger partial charge in [-0.1, -0.05) is 0 Å². The zero-order valence-electron chi connectivity index (χ0n) is 11.3. The van der Waals surface area contributed by atoms with Gasteiger partial charge in [-0.2, -0.15) is 0 Å². The van der Waals surface area contributed by atoms with Gasteiger partial charge in [-0.3, -0.25) is 0 Å². The molecule has 0 atom stereocenters. The molecule has 0 saturated heterocycles. The van der Waals surface area contributed by atoms with Crippen molar-refractivity contribution in [3.63, 3.8) is 0 Å². The predicted molar refractivity (Wildman–Crippen MR) is 66.1 cm³/mol. The highest BCUT2D eigenvalue weighted by Crippen LogP contribution is 2.22. The van der Waals surface area contributed by atoms with Crippen molar-refractivity contribution >= 4 is 0 Å². The molecule has 2 aromatic rings. The van der Waals surface area contributed by atoms with Gasteiger partial charge in [0.05, 0.1) is 40.6 Å². The Kier molecular flexibility index (Phi) is 3.79. The number of ether oxygens (including phenoxy) is 4. The summed E-state index contributed by atoms with van der Waals surface area (Å²) in [7, 11) is 6.22. The summed E-state index contributed by atoms with van der Waals surface area (Å²) in [5.41, 5.74) is 0. The van der Waals surface area contributed by atoms with Crippen LogP contribution in [0.4, 0.5) is 0 Å². The van der Waals surface area contributed by atoms with Crippen molar-refractivity contribution in [2.24, 2.45) is 0 Å². The third kappa shape index (κ3) is 2.56. The molecule has 0 amide bonds. The minimum absolute atomic E-state index is 0.319. The molecule has 0 aliphatic heterocycles. The van der Waals surface area contributed by atoms with Crippen molar-refractivity contribution in [2.75, 3.05) is 28.4 Å². The first-order valence-electron chi connectivity index (χ1n) is 5.53. The van der Waals surface area contributed by atoms with Crippen LogP contribution in [0.25, 0.3) is 0 Å². The van der Waals surface area contributed by atoms with Gasteiger partial charge >= 0.3 is 0 Å². The van der Waals surface area contributed by atoms with Gasteiger partial charge in [0.1, 0.15) is 6.67 Å². The average Bonchev–Trinajstić information content (AvgIpc) is 3.02. The van der Waals surface area contributed by atoms with E-state index >= 15 is 0 Å². The minimum Gasteiger partial charge on any atom is -0.481 e. The summed E-state index contributed by atoms with van der Waals surface area (Å²) in [6.07, 6.45) is 0. The van der Waals surface area contributed by atoms with E-state index in [0.717, 1.165) is 0 Å². The molecule has 8 nitrogen and oxygen atoms in total. The Morgan fingerprint density at radius 1 is 0.789 bits per heavy atom. The smallest absolute Gasteiger partial charge is 0.236 e. The van der Waals surface area contributed by atoms with Gasteiger partial charge < -0.3 is 18.9 Å². The van der Waals surface area contributed by atoms with Crippen molar-refractivity contribution in [1.82, 2.24) is 19.6 Å². The zero-order valence-corrected chi connectivity index (χ0v) is 11.3. The molecule has 0 N–H and O–H groups in total. The Morgan fingerprint density at radius 3 is 1.53 bits per heavy atom. The van der Waals surface area contributed by atoms with Gasteiger partial charge in [0, 0.05) is 0 Å². The number of hydrogen-bond acceptors (Lipinski definition) is 6. The van der Waals surface area contributed by atoms with Crippen LogP contribution in [0.2, 0.25) is 0 Å². The lowest BCUT2D eigenvalue weighted by molar-refractivity contribution is 0.310. The third-order valence-electron chi connectivity index (χ3n) is 2.55. The van der Waals surface area contributed by atoms with E-state index in [0.29, 0.717) is 30.2 Å². The van der Waals surface area contributed by atoms with Crippen molar-refractivity contribution in [2.45, 2.75) is 6.67 Å². The number of aromatic nitrogens is 4. The molecule has 0 aromatic carbocycles. The molecule has 2 heterocycles. The normalized spacial score (nSPS) is 10.3. The maximum Gasteiger partial charge on any atom is 0.236 e. The van der Waals surface area contributed by atoms with E-state index in [1.165, 1.54) is 0 Å². The standard InChI is InChI=1S/C11H16N4O4/c1-16-8-5-10(18-3)14(12-8)7-15-11(19-4)6-9(13-15)17-2/h5-6H,7H2,1-4H3. The fourth-order valence-corrected chi connectivity index (χ4v) is 1.61. The molecule has 2 aromatic heterocycles. The number of rotatable bonds is 6. The lowest BCUT2D eigenvalue weighted by atomic mass is 10.6. The monoisotopic (exact) mass is 268 g/mol. The Labute approximate surface area is 110 Å². The van der Waals surface area contributed by atoms with Crippen LogP contribution in [0, 0.1) is 0 Å². The number of methoxy groups -OCH3 is 4. The van der Waals surface area contributed by atoms with Crippen LogP contribution in [-0.2, 0) is 6.67 Å². The molecule has 0 aliphatic rings. The van der Waals surface area contributed by atoms with E-state index in [4.69, 9.17) is 18.9 Å². The highest BCUT2D eigenvalue weighted by molar-refractivity contribution is 5.23. The second-order valence-corrected chi connectivity index (χ2v) is 3.60. The van der Waals surface area contributed by atoms with E-state index in [1.54, 1.807) is 49.9 Å². The Balaban J connectivity index is 2.29. The quantitative estimate of drug-likeness (QED) is 0.764. The number of nitrogens with zero attached hydrogens (tertiary/aromatic N) is 4. The van der Waals surface area contributed by atoms with Crippen molar-refractivity contribution in [1.29, 1.82) is 0 Å². The number of hydrogen-bond donors (Lipinski definition) is 0. The first-order valence-corrected chi connectivity index (χ1v) is 5.53. The molecule has 2 rings (SSSR count). The molecular formula is C11H16N4O4. The molecular weight excluding hydrogens is 252 g/mol. The molecule has 8 heteroatoms. The zero-order chi connectivity index (χ0) is 13.8. The van der Waals surface area contributed by atoms with Gasteiger partial charge in [-0.15, -0.1) is 10.2 Å². The SMILES string of the molecule is COc1cc(OC)n(Cn2nc(OC)cc2OC)n1. The van der Waals surface area contributed by atoms with Crippen LogP contribution in [0.1, 0.15) is 0 Å². The molecule has 104 valence electrons. The maximum absolute atomic E-state index is 5.21. The summed E-state index contributed by atoms with van der Waals surface area (Å²) in [5.74, 6) is 2.06. The largest absolute Gasteiger partial charge is 0.481 e. The van der Waals surface area contributed by atoms with E-state index in [-0.39, 0.29) is 0 Å². The van der Waals surface area contributed by atoms with Crippen LogP contribution in [-0.4, -0.2) is 48.0 Å². The van der Waals surface area contributed by atoms with E-state index in [2.05, 4.69) is 10.2 Å². The summed E-state index contributed by atoms with van der Waals surface area (Å²) in [6, 6.07) is 3.38. The van der Waals surface area contributed by atoms with Crippen molar-refractivity contribution in [3.8, 4) is 23.5 Å². The van der Waals surface area contributed by atoms with Crippen LogP contribution < -0.4 is 18.9 Å². The van der Waals surface area contributed by atoms with Crippen LogP contribution >= 0.6 is 0 Å². The lowest BCUT2D eigenvalue weighted by Gasteiger charge is -2.08. The second-order valence-electron chi connectivity index (χ2n) is 3.60. The fourth-order valence-electron chi connectivity index (χ4n) is 1.61. The first kappa shape index (κ1) is 13.1.